The first kappa shape index (κ1) is 22.1. The Kier molecular flexibility index (Phi) is 8.04. The van der Waals surface area contributed by atoms with E-state index in [0.29, 0.717) is 26.3 Å². The van der Waals surface area contributed by atoms with E-state index in [0.717, 1.165) is 41.5 Å². The van der Waals surface area contributed by atoms with Crippen LogP contribution in [-0.4, -0.2) is 57.9 Å². The summed E-state index contributed by atoms with van der Waals surface area (Å²) in [5, 5.41) is 6.79. The first-order valence-corrected chi connectivity index (χ1v) is 10.3. The molecule has 1 heterocycles. The van der Waals surface area contributed by atoms with Crippen LogP contribution in [0.1, 0.15) is 22.7 Å². The van der Waals surface area contributed by atoms with Crippen LogP contribution in [0.5, 0.6) is 5.75 Å². The zero-order chi connectivity index (χ0) is 21.3. The molecule has 2 N–H and O–H groups in total. The van der Waals surface area contributed by atoms with Gasteiger partial charge in [-0.15, -0.1) is 0 Å². The van der Waals surface area contributed by atoms with Crippen molar-refractivity contribution >= 4 is 5.96 Å². The standard InChI is InChI=1S/C23H31FN4O2/c1-17-14-18(4-9-22(17)29-3)15-26-23(25-2)27-16-21(28-10-12-30-13-11-28)19-5-7-20(24)8-6-19/h4-9,14,21H,10-13,15-16H2,1-3H3,(H2,25,26,27). The Hall–Kier alpha value is -2.64. The Bertz CT molecular complexity index is 836. The first-order chi connectivity index (χ1) is 14.6. The summed E-state index contributed by atoms with van der Waals surface area (Å²) in [5.74, 6) is 1.39. The van der Waals surface area contributed by atoms with Crippen LogP contribution in [0.25, 0.3) is 0 Å². The molecule has 0 amide bonds. The second-order valence-corrected chi connectivity index (χ2v) is 7.33. The van der Waals surface area contributed by atoms with Crippen LogP contribution in [0.2, 0.25) is 0 Å². The second-order valence-electron chi connectivity index (χ2n) is 7.33. The molecule has 2 aromatic carbocycles. The van der Waals surface area contributed by atoms with Gasteiger partial charge in [0, 0.05) is 33.2 Å². The number of morpholine rings is 1. The highest BCUT2D eigenvalue weighted by Gasteiger charge is 2.23. The molecule has 0 aliphatic carbocycles. The van der Waals surface area contributed by atoms with Gasteiger partial charge in [0.1, 0.15) is 11.6 Å². The molecule has 30 heavy (non-hydrogen) atoms. The number of aryl methyl sites for hydroxylation is 1. The van der Waals surface area contributed by atoms with E-state index in [-0.39, 0.29) is 11.9 Å². The molecule has 0 bridgehead atoms. The summed E-state index contributed by atoms with van der Waals surface area (Å²) in [6.07, 6.45) is 0. The van der Waals surface area contributed by atoms with Crippen molar-refractivity contribution in [1.29, 1.82) is 0 Å². The quantitative estimate of drug-likeness (QED) is 0.539. The SMILES string of the molecule is CN=C(NCc1ccc(OC)c(C)c1)NCC(c1ccc(F)cc1)N1CCOCC1. The molecule has 1 aliphatic rings. The van der Waals surface area contributed by atoms with Crippen molar-refractivity contribution in [2.24, 2.45) is 4.99 Å². The molecule has 162 valence electrons. The van der Waals surface area contributed by atoms with Gasteiger partial charge in [0.25, 0.3) is 0 Å². The summed E-state index contributed by atoms with van der Waals surface area (Å²) in [7, 11) is 3.44. The highest BCUT2D eigenvalue weighted by Crippen LogP contribution is 2.22. The lowest BCUT2D eigenvalue weighted by molar-refractivity contribution is 0.0170. The average Bonchev–Trinajstić information content (AvgIpc) is 2.78. The number of methoxy groups -OCH3 is 1. The predicted molar refractivity (Wildman–Crippen MR) is 117 cm³/mol. The summed E-state index contributed by atoms with van der Waals surface area (Å²) < 4.78 is 24.2. The van der Waals surface area contributed by atoms with Crippen molar-refractivity contribution in [3.8, 4) is 5.75 Å². The fraction of sp³-hybridized carbons (Fsp3) is 0.435. The van der Waals surface area contributed by atoms with Crippen molar-refractivity contribution in [2.75, 3.05) is 47.0 Å². The molecule has 0 saturated carbocycles. The number of benzene rings is 2. The van der Waals surface area contributed by atoms with E-state index in [1.165, 1.54) is 12.1 Å². The van der Waals surface area contributed by atoms with Gasteiger partial charge in [-0.25, -0.2) is 4.39 Å². The molecule has 1 unspecified atom stereocenters. The lowest BCUT2D eigenvalue weighted by Crippen LogP contribution is -2.46. The van der Waals surface area contributed by atoms with Crippen molar-refractivity contribution in [1.82, 2.24) is 15.5 Å². The van der Waals surface area contributed by atoms with Crippen molar-refractivity contribution < 1.29 is 13.9 Å². The molecule has 0 aromatic heterocycles. The molecular formula is C23H31FN4O2. The van der Waals surface area contributed by atoms with Gasteiger partial charge >= 0.3 is 0 Å². The van der Waals surface area contributed by atoms with Crippen LogP contribution in [0, 0.1) is 12.7 Å². The predicted octanol–water partition coefficient (Wildman–Crippen LogP) is 2.88. The smallest absolute Gasteiger partial charge is 0.191 e. The van der Waals surface area contributed by atoms with Gasteiger partial charge in [-0.3, -0.25) is 9.89 Å². The zero-order valence-corrected chi connectivity index (χ0v) is 18.0. The number of nitrogens with zero attached hydrogens (tertiary/aromatic N) is 2. The van der Waals surface area contributed by atoms with Crippen LogP contribution < -0.4 is 15.4 Å². The molecule has 7 heteroatoms. The van der Waals surface area contributed by atoms with Crippen LogP contribution in [0.4, 0.5) is 4.39 Å². The minimum Gasteiger partial charge on any atom is -0.496 e. The number of nitrogens with one attached hydrogen (secondary N) is 2. The maximum Gasteiger partial charge on any atom is 0.191 e. The van der Waals surface area contributed by atoms with Gasteiger partial charge < -0.3 is 20.1 Å². The summed E-state index contributed by atoms with van der Waals surface area (Å²) in [4.78, 5) is 6.72. The maximum absolute atomic E-state index is 13.4. The molecule has 1 saturated heterocycles. The van der Waals surface area contributed by atoms with E-state index in [9.17, 15) is 4.39 Å². The van der Waals surface area contributed by atoms with Crippen molar-refractivity contribution in [3.05, 3.63) is 65.0 Å². The number of ether oxygens (including phenoxy) is 2. The summed E-state index contributed by atoms with van der Waals surface area (Å²) in [6, 6.07) is 13.0. The van der Waals surface area contributed by atoms with Crippen molar-refractivity contribution in [3.63, 3.8) is 0 Å². The summed E-state index contributed by atoms with van der Waals surface area (Å²) >= 11 is 0. The third-order valence-corrected chi connectivity index (χ3v) is 5.35. The van der Waals surface area contributed by atoms with E-state index >= 15 is 0 Å². The molecule has 1 atom stereocenters. The van der Waals surface area contributed by atoms with Gasteiger partial charge in [-0.2, -0.15) is 0 Å². The Morgan fingerprint density at radius 3 is 2.53 bits per heavy atom. The third-order valence-electron chi connectivity index (χ3n) is 5.35. The van der Waals surface area contributed by atoms with E-state index < -0.39 is 0 Å². The van der Waals surface area contributed by atoms with Crippen molar-refractivity contribution in [2.45, 2.75) is 19.5 Å². The minimum absolute atomic E-state index is 0.108. The first-order valence-electron chi connectivity index (χ1n) is 10.3. The van der Waals surface area contributed by atoms with Gasteiger partial charge in [-0.1, -0.05) is 24.3 Å². The molecule has 1 fully saturated rings. The lowest BCUT2D eigenvalue weighted by Gasteiger charge is -2.35. The molecule has 1 aliphatic heterocycles. The van der Waals surface area contributed by atoms with Gasteiger partial charge in [0.05, 0.1) is 26.4 Å². The minimum atomic E-state index is -0.223. The Morgan fingerprint density at radius 1 is 1.17 bits per heavy atom. The third kappa shape index (κ3) is 5.93. The number of guanidine groups is 1. The maximum atomic E-state index is 13.4. The lowest BCUT2D eigenvalue weighted by atomic mass is 10.0. The molecule has 0 radical (unpaired) electrons. The number of hydrogen-bond acceptors (Lipinski definition) is 4. The summed E-state index contributed by atoms with van der Waals surface area (Å²) in [5.41, 5.74) is 3.33. The van der Waals surface area contributed by atoms with E-state index in [1.54, 1.807) is 14.2 Å². The largest absolute Gasteiger partial charge is 0.496 e. The highest BCUT2D eigenvalue weighted by molar-refractivity contribution is 5.79. The van der Waals surface area contributed by atoms with Crippen LogP contribution in [0.3, 0.4) is 0 Å². The van der Waals surface area contributed by atoms with Crippen LogP contribution in [-0.2, 0) is 11.3 Å². The molecule has 3 rings (SSSR count). The van der Waals surface area contributed by atoms with Gasteiger partial charge in [0.15, 0.2) is 5.96 Å². The highest BCUT2D eigenvalue weighted by atomic mass is 19.1. The van der Waals surface area contributed by atoms with Gasteiger partial charge in [0.2, 0.25) is 0 Å². The molecule has 2 aromatic rings. The number of halogens is 1. The van der Waals surface area contributed by atoms with E-state index in [1.807, 2.05) is 31.2 Å². The number of hydrogen-bond donors (Lipinski definition) is 2. The molecule has 6 nitrogen and oxygen atoms in total. The topological polar surface area (TPSA) is 58.1 Å². The monoisotopic (exact) mass is 414 g/mol. The Morgan fingerprint density at radius 2 is 1.90 bits per heavy atom. The fourth-order valence-corrected chi connectivity index (χ4v) is 3.68. The Balaban J connectivity index is 1.62. The number of aliphatic imine (C=N–C) groups is 1. The van der Waals surface area contributed by atoms with E-state index in [4.69, 9.17) is 9.47 Å². The van der Waals surface area contributed by atoms with Crippen LogP contribution in [0.15, 0.2) is 47.5 Å². The van der Waals surface area contributed by atoms with E-state index in [2.05, 4.69) is 26.6 Å². The zero-order valence-electron chi connectivity index (χ0n) is 18.0. The normalized spacial score (nSPS) is 16.2. The molecule has 0 spiro atoms. The second kappa shape index (κ2) is 10.9. The van der Waals surface area contributed by atoms with Gasteiger partial charge in [-0.05, 0) is 41.8 Å². The van der Waals surface area contributed by atoms with Crippen LogP contribution >= 0.6 is 0 Å². The Labute approximate surface area is 178 Å². The average molecular weight is 415 g/mol. The molecular weight excluding hydrogens is 383 g/mol. The summed E-state index contributed by atoms with van der Waals surface area (Å²) in [6.45, 7) is 6.46. The fourth-order valence-electron chi connectivity index (χ4n) is 3.68. The number of rotatable bonds is 7.